The highest BCUT2D eigenvalue weighted by Crippen LogP contribution is 2.27. The highest BCUT2D eigenvalue weighted by atomic mass is 35.5. The predicted molar refractivity (Wildman–Crippen MR) is 91.2 cm³/mol. The number of carbonyl (C=O) groups excluding carboxylic acids is 2. The molecule has 1 rings (SSSR count). The summed E-state index contributed by atoms with van der Waals surface area (Å²) in [5.41, 5.74) is 0.712. The Kier molecular flexibility index (Phi) is 7.23. The van der Waals surface area contributed by atoms with Crippen LogP contribution in [-0.4, -0.2) is 29.5 Å². The Morgan fingerprint density at radius 2 is 1.95 bits per heavy atom. The van der Waals surface area contributed by atoms with Gasteiger partial charge in [-0.2, -0.15) is 0 Å². The lowest BCUT2D eigenvalue weighted by Gasteiger charge is -2.21. The highest BCUT2D eigenvalue weighted by Gasteiger charge is 2.22. The van der Waals surface area contributed by atoms with Gasteiger partial charge in [0.2, 0.25) is 5.91 Å². The summed E-state index contributed by atoms with van der Waals surface area (Å²) in [5.74, 6) is -0.200. The number of esters is 1. The summed E-state index contributed by atoms with van der Waals surface area (Å²) in [6, 6.07) is 6.67. The van der Waals surface area contributed by atoms with Crippen LogP contribution in [0.1, 0.15) is 38.8 Å². The maximum absolute atomic E-state index is 12.1. The van der Waals surface area contributed by atoms with E-state index in [4.69, 9.17) is 16.3 Å². The molecular formula is C16H22ClNO3S. The van der Waals surface area contributed by atoms with Gasteiger partial charge in [-0.25, -0.2) is 0 Å². The van der Waals surface area contributed by atoms with E-state index in [9.17, 15) is 9.59 Å². The van der Waals surface area contributed by atoms with Crippen molar-refractivity contribution >= 4 is 35.2 Å². The van der Waals surface area contributed by atoms with Crippen LogP contribution in [0.25, 0.3) is 0 Å². The van der Waals surface area contributed by atoms with Crippen molar-refractivity contribution in [3.8, 4) is 0 Å². The van der Waals surface area contributed by atoms with Crippen LogP contribution >= 0.6 is 23.4 Å². The van der Waals surface area contributed by atoms with Crippen LogP contribution < -0.4 is 5.32 Å². The van der Waals surface area contributed by atoms with Crippen LogP contribution in [0.4, 0.5) is 0 Å². The average molecular weight is 344 g/mol. The molecule has 0 bridgehead atoms. The molecule has 0 aromatic heterocycles. The van der Waals surface area contributed by atoms with E-state index < -0.39 is 12.0 Å². The molecule has 0 saturated heterocycles. The first-order chi connectivity index (χ1) is 10.2. The molecule has 0 aliphatic carbocycles. The number of carbonyl (C=O) groups is 2. The van der Waals surface area contributed by atoms with Gasteiger partial charge in [0.25, 0.3) is 0 Å². The summed E-state index contributed by atoms with van der Waals surface area (Å²) in [7, 11) is 1.32. The molecule has 0 spiro atoms. The third-order valence-corrected chi connectivity index (χ3v) is 4.47. The fourth-order valence-corrected chi connectivity index (χ4v) is 2.68. The average Bonchev–Trinajstić information content (AvgIpc) is 2.44. The van der Waals surface area contributed by atoms with Crippen molar-refractivity contribution in [2.75, 3.05) is 12.9 Å². The van der Waals surface area contributed by atoms with Gasteiger partial charge in [-0.15, -0.1) is 11.8 Å². The first-order valence-electron chi connectivity index (χ1n) is 6.97. The molecule has 0 heterocycles. The molecule has 1 aromatic rings. The topological polar surface area (TPSA) is 55.4 Å². The normalized spacial score (nSPS) is 12.6. The van der Waals surface area contributed by atoms with Gasteiger partial charge in [-0.3, -0.25) is 9.59 Å². The van der Waals surface area contributed by atoms with Crippen LogP contribution in [0.5, 0.6) is 0 Å². The number of benzene rings is 1. The summed E-state index contributed by atoms with van der Waals surface area (Å²) < 4.78 is 4.70. The molecule has 0 radical (unpaired) electrons. The second kappa shape index (κ2) is 8.44. The second-order valence-corrected chi connectivity index (χ2v) is 8.03. The maximum atomic E-state index is 12.1. The molecule has 1 unspecified atom stereocenters. The number of halogens is 1. The smallest absolute Gasteiger partial charge is 0.307 e. The van der Waals surface area contributed by atoms with Gasteiger partial charge in [0.05, 0.1) is 25.3 Å². The minimum absolute atomic E-state index is 0.000419. The molecule has 0 aliphatic heterocycles. The van der Waals surface area contributed by atoms with Crippen molar-refractivity contribution in [1.29, 1.82) is 0 Å². The lowest BCUT2D eigenvalue weighted by Crippen LogP contribution is -2.32. The Labute approximate surface area is 140 Å². The lowest BCUT2D eigenvalue weighted by atomic mass is 10.0. The fraction of sp³-hybridized carbons (Fsp3) is 0.500. The second-order valence-electron chi connectivity index (χ2n) is 5.82. The van der Waals surface area contributed by atoms with E-state index in [1.165, 1.54) is 7.11 Å². The van der Waals surface area contributed by atoms with Gasteiger partial charge in [0, 0.05) is 9.77 Å². The Bertz CT molecular complexity index is 528. The molecule has 0 aliphatic rings. The molecule has 122 valence electrons. The number of amides is 1. The largest absolute Gasteiger partial charge is 0.469 e. The molecule has 1 amide bonds. The number of hydrogen-bond acceptors (Lipinski definition) is 4. The van der Waals surface area contributed by atoms with Crippen LogP contribution in [0.2, 0.25) is 5.02 Å². The Balaban J connectivity index is 2.81. The Morgan fingerprint density at radius 3 is 2.50 bits per heavy atom. The molecular weight excluding hydrogens is 322 g/mol. The van der Waals surface area contributed by atoms with Gasteiger partial charge < -0.3 is 10.1 Å². The van der Waals surface area contributed by atoms with E-state index in [-0.39, 0.29) is 17.1 Å². The molecule has 1 N–H and O–H groups in total. The van der Waals surface area contributed by atoms with Gasteiger partial charge in [0.15, 0.2) is 0 Å². The van der Waals surface area contributed by atoms with Gasteiger partial charge in [-0.1, -0.05) is 50.6 Å². The third kappa shape index (κ3) is 6.71. The van der Waals surface area contributed by atoms with Crippen molar-refractivity contribution in [3.63, 3.8) is 0 Å². The molecule has 1 aromatic carbocycles. The van der Waals surface area contributed by atoms with Gasteiger partial charge in [0.1, 0.15) is 0 Å². The summed E-state index contributed by atoms with van der Waals surface area (Å²) in [6.07, 6.45) is 0.0478. The van der Waals surface area contributed by atoms with E-state index in [0.29, 0.717) is 16.3 Å². The molecule has 4 nitrogen and oxygen atoms in total. The molecule has 0 fully saturated rings. The SMILES string of the molecule is COC(=O)CC(NC(=O)CSC(C)(C)C)c1ccccc1Cl. The minimum Gasteiger partial charge on any atom is -0.469 e. The van der Waals surface area contributed by atoms with Gasteiger partial charge >= 0.3 is 5.97 Å². The highest BCUT2D eigenvalue weighted by molar-refractivity contribution is 8.01. The third-order valence-electron chi connectivity index (χ3n) is 2.85. The van der Waals surface area contributed by atoms with Crippen LogP contribution in [0.15, 0.2) is 24.3 Å². The number of rotatable bonds is 6. The van der Waals surface area contributed by atoms with E-state index >= 15 is 0 Å². The first kappa shape index (κ1) is 18.8. The fourth-order valence-electron chi connectivity index (χ4n) is 1.76. The van der Waals surface area contributed by atoms with E-state index in [1.54, 1.807) is 30.0 Å². The lowest BCUT2D eigenvalue weighted by molar-refractivity contribution is -0.141. The van der Waals surface area contributed by atoms with Crippen LogP contribution in [0, 0.1) is 0 Å². The molecule has 1 atom stereocenters. The quantitative estimate of drug-likeness (QED) is 0.802. The van der Waals surface area contributed by atoms with E-state index in [1.807, 2.05) is 26.8 Å². The van der Waals surface area contributed by atoms with Crippen molar-refractivity contribution in [2.24, 2.45) is 0 Å². The van der Waals surface area contributed by atoms with Crippen molar-refractivity contribution < 1.29 is 14.3 Å². The maximum Gasteiger partial charge on any atom is 0.307 e. The number of ether oxygens (including phenoxy) is 1. The van der Waals surface area contributed by atoms with Crippen molar-refractivity contribution in [2.45, 2.75) is 38.0 Å². The molecule has 22 heavy (non-hydrogen) atoms. The van der Waals surface area contributed by atoms with E-state index in [0.717, 1.165) is 0 Å². The first-order valence-corrected chi connectivity index (χ1v) is 8.34. The van der Waals surface area contributed by atoms with Crippen LogP contribution in [-0.2, 0) is 14.3 Å². The summed E-state index contributed by atoms with van der Waals surface area (Å²) in [6.45, 7) is 6.14. The summed E-state index contributed by atoms with van der Waals surface area (Å²) >= 11 is 7.72. The van der Waals surface area contributed by atoms with Crippen LogP contribution in [0.3, 0.4) is 0 Å². The predicted octanol–water partition coefficient (Wildman–Crippen LogP) is 3.59. The zero-order chi connectivity index (χ0) is 16.8. The standard InChI is InChI=1S/C16H22ClNO3S/c1-16(2,3)22-10-14(19)18-13(9-15(20)21-4)11-7-5-6-8-12(11)17/h5-8,13H,9-10H2,1-4H3,(H,18,19). The Morgan fingerprint density at radius 1 is 1.32 bits per heavy atom. The zero-order valence-electron chi connectivity index (χ0n) is 13.3. The summed E-state index contributed by atoms with van der Waals surface area (Å²) in [5, 5.41) is 3.38. The number of thioether (sulfide) groups is 1. The molecule has 6 heteroatoms. The zero-order valence-corrected chi connectivity index (χ0v) is 14.9. The van der Waals surface area contributed by atoms with Crippen molar-refractivity contribution in [1.82, 2.24) is 5.32 Å². The van der Waals surface area contributed by atoms with E-state index in [2.05, 4.69) is 5.32 Å². The van der Waals surface area contributed by atoms with Gasteiger partial charge in [-0.05, 0) is 11.6 Å². The number of methoxy groups -OCH3 is 1. The number of hydrogen-bond donors (Lipinski definition) is 1. The Hall–Kier alpha value is -1.20. The van der Waals surface area contributed by atoms with Crippen molar-refractivity contribution in [3.05, 3.63) is 34.9 Å². The monoisotopic (exact) mass is 343 g/mol. The number of nitrogens with one attached hydrogen (secondary N) is 1. The summed E-state index contributed by atoms with van der Waals surface area (Å²) in [4.78, 5) is 23.7. The molecule has 0 saturated carbocycles. The minimum atomic E-state index is -0.491.